The summed E-state index contributed by atoms with van der Waals surface area (Å²) in [5.41, 5.74) is 8.86. The molecule has 1 unspecified atom stereocenters. The summed E-state index contributed by atoms with van der Waals surface area (Å²) in [5, 5.41) is 7.58. The molecule has 2 aromatic rings. The number of carbonyl (C=O) groups excluding carboxylic acids is 1. The molecule has 1 aliphatic carbocycles. The summed E-state index contributed by atoms with van der Waals surface area (Å²) in [7, 11) is 0. The fraction of sp³-hybridized carbons (Fsp3) is 0.412. The van der Waals surface area contributed by atoms with E-state index in [0.29, 0.717) is 0 Å². The van der Waals surface area contributed by atoms with Gasteiger partial charge in [0.15, 0.2) is 0 Å². The van der Waals surface area contributed by atoms with Crippen molar-refractivity contribution in [3.63, 3.8) is 0 Å². The van der Waals surface area contributed by atoms with Gasteiger partial charge in [-0.1, -0.05) is 32.0 Å². The number of hydrogen-bond acceptors (Lipinski definition) is 3. The SMILES string of the molecule is CC1(C)Cc2c(cnn2-c2ccccc2)C(NC(=O)CN)C1.Cl. The van der Waals surface area contributed by atoms with Crippen LogP contribution in [0.2, 0.25) is 0 Å². The topological polar surface area (TPSA) is 72.9 Å². The molecule has 0 radical (unpaired) electrons. The minimum atomic E-state index is -0.124. The molecule has 1 amide bonds. The molecule has 0 saturated heterocycles. The molecule has 0 bridgehead atoms. The highest BCUT2D eigenvalue weighted by Crippen LogP contribution is 2.41. The predicted octanol–water partition coefficient (Wildman–Crippen LogP) is 2.38. The van der Waals surface area contributed by atoms with Crippen LogP contribution in [0.25, 0.3) is 5.69 Å². The van der Waals surface area contributed by atoms with Crippen LogP contribution >= 0.6 is 12.4 Å². The van der Waals surface area contributed by atoms with Gasteiger partial charge in [0.2, 0.25) is 5.91 Å². The lowest BCUT2D eigenvalue weighted by molar-refractivity contribution is -0.120. The van der Waals surface area contributed by atoms with Crippen LogP contribution in [-0.4, -0.2) is 22.2 Å². The van der Waals surface area contributed by atoms with Gasteiger partial charge in [-0.25, -0.2) is 4.68 Å². The first kappa shape index (κ1) is 17.5. The predicted molar refractivity (Wildman–Crippen MR) is 92.9 cm³/mol. The normalized spacial score (nSPS) is 18.7. The Hall–Kier alpha value is -1.85. The van der Waals surface area contributed by atoms with Gasteiger partial charge in [0.1, 0.15) is 0 Å². The second kappa shape index (κ2) is 6.72. The van der Waals surface area contributed by atoms with Gasteiger partial charge in [-0.2, -0.15) is 5.10 Å². The molecule has 1 aliphatic rings. The van der Waals surface area contributed by atoms with Crippen LogP contribution in [-0.2, 0) is 11.2 Å². The summed E-state index contributed by atoms with van der Waals surface area (Å²) in [6, 6.07) is 10.1. The van der Waals surface area contributed by atoms with E-state index in [1.807, 2.05) is 41.2 Å². The first-order valence-corrected chi connectivity index (χ1v) is 7.62. The Morgan fingerprint density at radius 1 is 1.39 bits per heavy atom. The number of benzene rings is 1. The van der Waals surface area contributed by atoms with Crippen LogP contribution in [0.1, 0.15) is 37.6 Å². The number of amides is 1. The third kappa shape index (κ3) is 3.57. The number of aromatic nitrogens is 2. The van der Waals surface area contributed by atoms with Crippen molar-refractivity contribution in [2.24, 2.45) is 11.1 Å². The molecule has 1 aromatic carbocycles. The standard InChI is InChI=1S/C17H22N4O.ClH/c1-17(2)8-14(20-16(22)10-18)13-11-19-21(15(13)9-17)12-6-4-3-5-7-12;/h3-7,11,14H,8-10,18H2,1-2H3,(H,20,22);1H. The van der Waals surface area contributed by atoms with Gasteiger partial charge in [0.25, 0.3) is 0 Å². The van der Waals surface area contributed by atoms with Crippen molar-refractivity contribution in [1.29, 1.82) is 0 Å². The van der Waals surface area contributed by atoms with E-state index in [1.165, 1.54) is 5.69 Å². The number of nitrogens with one attached hydrogen (secondary N) is 1. The summed E-state index contributed by atoms with van der Waals surface area (Å²) in [5.74, 6) is -0.124. The van der Waals surface area contributed by atoms with E-state index < -0.39 is 0 Å². The van der Waals surface area contributed by atoms with Crippen LogP contribution in [0.3, 0.4) is 0 Å². The highest BCUT2D eigenvalue weighted by molar-refractivity contribution is 5.85. The van der Waals surface area contributed by atoms with Gasteiger partial charge in [-0.05, 0) is 30.4 Å². The molecule has 1 heterocycles. The molecule has 0 fully saturated rings. The van der Waals surface area contributed by atoms with Crippen LogP contribution in [0, 0.1) is 5.41 Å². The largest absolute Gasteiger partial charge is 0.348 e. The lowest BCUT2D eigenvalue weighted by Crippen LogP contribution is -2.39. The van der Waals surface area contributed by atoms with Crippen molar-refractivity contribution < 1.29 is 4.79 Å². The van der Waals surface area contributed by atoms with Crippen LogP contribution in [0.5, 0.6) is 0 Å². The van der Waals surface area contributed by atoms with Crippen molar-refractivity contribution >= 4 is 18.3 Å². The van der Waals surface area contributed by atoms with Crippen molar-refractivity contribution in [2.75, 3.05) is 6.54 Å². The number of nitrogens with zero attached hydrogens (tertiary/aromatic N) is 2. The Morgan fingerprint density at radius 3 is 2.74 bits per heavy atom. The second-order valence-electron chi connectivity index (χ2n) is 6.66. The summed E-state index contributed by atoms with van der Waals surface area (Å²) < 4.78 is 1.98. The zero-order chi connectivity index (χ0) is 15.7. The van der Waals surface area contributed by atoms with Crippen LogP contribution in [0.15, 0.2) is 36.5 Å². The third-order valence-electron chi connectivity index (χ3n) is 4.20. The van der Waals surface area contributed by atoms with Gasteiger partial charge in [-0.3, -0.25) is 4.79 Å². The number of nitrogens with two attached hydrogens (primary N) is 1. The molecular formula is C17H23ClN4O. The van der Waals surface area contributed by atoms with Gasteiger partial charge >= 0.3 is 0 Å². The molecular weight excluding hydrogens is 312 g/mol. The number of carbonyl (C=O) groups is 1. The Kier molecular flexibility index (Phi) is 5.12. The highest BCUT2D eigenvalue weighted by Gasteiger charge is 2.35. The first-order valence-electron chi connectivity index (χ1n) is 7.62. The zero-order valence-electron chi connectivity index (χ0n) is 13.5. The summed E-state index contributed by atoms with van der Waals surface area (Å²) in [6.45, 7) is 4.46. The minimum Gasteiger partial charge on any atom is -0.348 e. The molecule has 1 atom stereocenters. The Bertz CT molecular complexity index is 681. The Labute approximate surface area is 142 Å². The van der Waals surface area contributed by atoms with Gasteiger partial charge in [0.05, 0.1) is 30.2 Å². The molecule has 124 valence electrons. The van der Waals surface area contributed by atoms with E-state index >= 15 is 0 Å². The van der Waals surface area contributed by atoms with E-state index in [0.717, 1.165) is 24.1 Å². The van der Waals surface area contributed by atoms with Crippen molar-refractivity contribution in [2.45, 2.75) is 32.7 Å². The summed E-state index contributed by atoms with van der Waals surface area (Å²) >= 11 is 0. The molecule has 0 aliphatic heterocycles. The van der Waals surface area contributed by atoms with Crippen molar-refractivity contribution in [3.05, 3.63) is 47.8 Å². The number of halogens is 1. The lowest BCUT2D eigenvalue weighted by atomic mass is 9.74. The molecule has 0 spiro atoms. The van der Waals surface area contributed by atoms with Gasteiger partial charge in [-0.15, -0.1) is 12.4 Å². The van der Waals surface area contributed by atoms with E-state index in [4.69, 9.17) is 5.73 Å². The lowest BCUT2D eigenvalue weighted by Gasteiger charge is -2.35. The quantitative estimate of drug-likeness (QED) is 0.905. The zero-order valence-corrected chi connectivity index (χ0v) is 14.3. The molecule has 1 aromatic heterocycles. The minimum absolute atomic E-state index is 0. The van der Waals surface area contributed by atoms with Gasteiger partial charge < -0.3 is 11.1 Å². The second-order valence-corrected chi connectivity index (χ2v) is 6.66. The smallest absolute Gasteiger partial charge is 0.234 e. The van der Waals surface area contributed by atoms with E-state index in [2.05, 4.69) is 24.3 Å². The van der Waals surface area contributed by atoms with E-state index in [1.54, 1.807) is 0 Å². The molecule has 23 heavy (non-hydrogen) atoms. The third-order valence-corrected chi connectivity index (χ3v) is 4.20. The number of para-hydroxylation sites is 1. The maximum absolute atomic E-state index is 11.7. The van der Waals surface area contributed by atoms with E-state index in [9.17, 15) is 4.79 Å². The fourth-order valence-electron chi connectivity index (χ4n) is 3.22. The Balaban J connectivity index is 0.00000192. The maximum atomic E-state index is 11.7. The molecule has 6 heteroatoms. The molecule has 3 N–H and O–H groups in total. The van der Waals surface area contributed by atoms with Gasteiger partial charge in [0, 0.05) is 5.56 Å². The average Bonchev–Trinajstić information content (AvgIpc) is 2.90. The maximum Gasteiger partial charge on any atom is 0.234 e. The number of hydrogen-bond donors (Lipinski definition) is 2. The fourth-order valence-corrected chi connectivity index (χ4v) is 3.22. The molecule has 3 rings (SSSR count). The van der Waals surface area contributed by atoms with Crippen LogP contribution < -0.4 is 11.1 Å². The van der Waals surface area contributed by atoms with E-state index in [-0.39, 0.29) is 36.3 Å². The van der Waals surface area contributed by atoms with Crippen molar-refractivity contribution in [3.8, 4) is 5.69 Å². The molecule has 5 nitrogen and oxygen atoms in total. The summed E-state index contributed by atoms with van der Waals surface area (Å²) in [4.78, 5) is 11.7. The first-order chi connectivity index (χ1) is 10.5. The number of rotatable bonds is 3. The average molecular weight is 335 g/mol. The number of fused-ring (bicyclic) bond motifs is 1. The highest BCUT2D eigenvalue weighted by atomic mass is 35.5. The van der Waals surface area contributed by atoms with Crippen LogP contribution in [0.4, 0.5) is 0 Å². The Morgan fingerprint density at radius 2 is 2.09 bits per heavy atom. The molecule has 0 saturated carbocycles. The monoisotopic (exact) mass is 334 g/mol. The van der Waals surface area contributed by atoms with Crippen molar-refractivity contribution in [1.82, 2.24) is 15.1 Å². The summed E-state index contributed by atoms with van der Waals surface area (Å²) in [6.07, 6.45) is 3.71.